The van der Waals surface area contributed by atoms with Crippen molar-refractivity contribution < 1.29 is 22.4 Å². The van der Waals surface area contributed by atoms with E-state index in [1.807, 2.05) is 0 Å². The van der Waals surface area contributed by atoms with E-state index in [1.165, 1.54) is 6.20 Å². The molecule has 0 fully saturated rings. The van der Waals surface area contributed by atoms with Gasteiger partial charge in [-0.2, -0.15) is 13.2 Å². The molecule has 0 saturated carbocycles. The lowest BCUT2D eigenvalue weighted by molar-refractivity contribution is -0.139. The maximum Gasteiger partial charge on any atom is 0.419 e. The molecule has 1 amide bonds. The fourth-order valence-corrected chi connectivity index (χ4v) is 2.96. The number of carbonyl (C=O) groups is 1. The molecule has 138 valence electrons. The lowest BCUT2D eigenvalue weighted by Crippen LogP contribution is -2.31. The molecular weight excluding hydrogens is 364 g/mol. The van der Waals surface area contributed by atoms with Gasteiger partial charge >= 0.3 is 6.18 Å². The molecule has 4 rings (SSSR count). The number of hydrogen-bond acceptors (Lipinski definition) is 3. The van der Waals surface area contributed by atoms with E-state index in [0.29, 0.717) is 36.0 Å². The zero-order chi connectivity index (χ0) is 19.2. The average Bonchev–Trinajstić information content (AvgIpc) is 3.06. The van der Waals surface area contributed by atoms with E-state index in [0.717, 1.165) is 17.8 Å². The molecule has 1 aromatic carbocycles. The van der Waals surface area contributed by atoms with Crippen molar-refractivity contribution in [3.8, 4) is 22.8 Å². The third-order valence-electron chi connectivity index (χ3n) is 4.27. The molecule has 0 saturated heterocycles. The van der Waals surface area contributed by atoms with Crippen LogP contribution in [0.1, 0.15) is 21.6 Å². The SMILES string of the molecule is O=C1NCCc2[nH]c(-c3ccnc(-c4ccc(C(F)(F)F)c(F)c4)n3)cc21. The molecule has 5 nitrogen and oxygen atoms in total. The highest BCUT2D eigenvalue weighted by Crippen LogP contribution is 2.33. The van der Waals surface area contributed by atoms with Crippen LogP contribution in [-0.2, 0) is 12.6 Å². The Labute approximate surface area is 150 Å². The summed E-state index contributed by atoms with van der Waals surface area (Å²) in [4.78, 5) is 23.3. The Kier molecular flexibility index (Phi) is 3.94. The van der Waals surface area contributed by atoms with E-state index >= 15 is 0 Å². The quantitative estimate of drug-likeness (QED) is 0.672. The zero-order valence-electron chi connectivity index (χ0n) is 13.7. The Hall–Kier alpha value is -3.23. The van der Waals surface area contributed by atoms with E-state index < -0.39 is 17.6 Å². The topological polar surface area (TPSA) is 70.7 Å². The van der Waals surface area contributed by atoms with E-state index in [2.05, 4.69) is 20.3 Å². The third-order valence-corrected chi connectivity index (χ3v) is 4.27. The molecule has 27 heavy (non-hydrogen) atoms. The van der Waals surface area contributed by atoms with Gasteiger partial charge in [-0.1, -0.05) is 6.07 Å². The summed E-state index contributed by atoms with van der Waals surface area (Å²) in [5, 5.41) is 2.74. The number of rotatable bonds is 2. The standard InChI is InChI=1S/C18H12F4N4O/c19-12-7-9(1-2-11(12)18(20,21)22)16-23-5-4-14(26-16)15-8-10-13(25-15)3-6-24-17(10)27/h1-2,4-5,7-8,25H,3,6H2,(H,24,27). The number of aromatic nitrogens is 3. The first-order valence-electron chi connectivity index (χ1n) is 8.03. The van der Waals surface area contributed by atoms with Crippen molar-refractivity contribution >= 4 is 5.91 Å². The lowest BCUT2D eigenvalue weighted by Gasteiger charge is -2.10. The fourth-order valence-electron chi connectivity index (χ4n) is 2.96. The molecule has 1 aliphatic heterocycles. The first-order chi connectivity index (χ1) is 12.8. The molecule has 1 aliphatic rings. The summed E-state index contributed by atoms with van der Waals surface area (Å²) in [6.45, 7) is 0.533. The van der Waals surface area contributed by atoms with Crippen LogP contribution in [0.3, 0.4) is 0 Å². The highest BCUT2D eigenvalue weighted by Gasteiger charge is 2.34. The number of benzene rings is 1. The van der Waals surface area contributed by atoms with Gasteiger partial charge in [-0.25, -0.2) is 14.4 Å². The van der Waals surface area contributed by atoms with E-state index in [9.17, 15) is 22.4 Å². The Morgan fingerprint density at radius 1 is 1.11 bits per heavy atom. The minimum atomic E-state index is -4.77. The highest BCUT2D eigenvalue weighted by atomic mass is 19.4. The second-order valence-corrected chi connectivity index (χ2v) is 6.04. The number of fused-ring (bicyclic) bond motifs is 1. The number of amides is 1. The fraction of sp³-hybridized carbons (Fsp3) is 0.167. The van der Waals surface area contributed by atoms with Crippen LogP contribution in [0.4, 0.5) is 17.6 Å². The molecule has 0 radical (unpaired) electrons. The van der Waals surface area contributed by atoms with E-state index in [4.69, 9.17) is 0 Å². The number of hydrogen-bond donors (Lipinski definition) is 2. The first kappa shape index (κ1) is 17.2. The Balaban J connectivity index is 1.72. The second-order valence-electron chi connectivity index (χ2n) is 6.04. The molecule has 2 aromatic heterocycles. The van der Waals surface area contributed by atoms with Crippen LogP contribution in [0.15, 0.2) is 36.5 Å². The molecule has 3 heterocycles. The highest BCUT2D eigenvalue weighted by molar-refractivity contribution is 5.97. The van der Waals surface area contributed by atoms with Gasteiger partial charge in [0.25, 0.3) is 5.91 Å². The molecule has 3 aromatic rings. The zero-order valence-corrected chi connectivity index (χ0v) is 13.7. The normalized spacial score (nSPS) is 14.0. The van der Waals surface area contributed by atoms with Crippen LogP contribution >= 0.6 is 0 Å². The predicted octanol–water partition coefficient (Wildman–Crippen LogP) is 3.58. The Morgan fingerprint density at radius 3 is 2.63 bits per heavy atom. The number of H-pyrrole nitrogens is 1. The summed E-state index contributed by atoms with van der Waals surface area (Å²) in [6, 6.07) is 5.80. The molecule has 0 aliphatic carbocycles. The minimum Gasteiger partial charge on any atom is -0.356 e. The van der Waals surface area contributed by atoms with E-state index in [1.54, 1.807) is 12.1 Å². The van der Waals surface area contributed by atoms with Crippen molar-refractivity contribution in [2.75, 3.05) is 6.54 Å². The molecule has 9 heteroatoms. The first-order valence-corrected chi connectivity index (χ1v) is 8.03. The lowest BCUT2D eigenvalue weighted by atomic mass is 10.1. The summed E-state index contributed by atoms with van der Waals surface area (Å²) in [7, 11) is 0. The number of halogens is 4. The van der Waals surface area contributed by atoms with Crippen LogP contribution in [-0.4, -0.2) is 27.4 Å². The number of nitrogens with zero attached hydrogens (tertiary/aromatic N) is 2. The van der Waals surface area contributed by atoms with Gasteiger partial charge in [-0.15, -0.1) is 0 Å². The van der Waals surface area contributed by atoms with Gasteiger partial charge in [-0.05, 0) is 24.3 Å². The van der Waals surface area contributed by atoms with Crippen molar-refractivity contribution in [3.05, 3.63) is 59.2 Å². The number of aromatic amines is 1. The van der Waals surface area contributed by atoms with Gasteiger partial charge in [0, 0.05) is 30.4 Å². The van der Waals surface area contributed by atoms with Gasteiger partial charge in [-0.3, -0.25) is 4.79 Å². The smallest absolute Gasteiger partial charge is 0.356 e. The predicted molar refractivity (Wildman–Crippen MR) is 88.3 cm³/mol. The maximum absolute atomic E-state index is 13.8. The van der Waals surface area contributed by atoms with Crippen LogP contribution in [0.2, 0.25) is 0 Å². The third kappa shape index (κ3) is 3.16. The van der Waals surface area contributed by atoms with Gasteiger partial charge in [0.1, 0.15) is 5.82 Å². The average molecular weight is 376 g/mol. The van der Waals surface area contributed by atoms with Gasteiger partial charge in [0.05, 0.1) is 22.5 Å². The molecule has 2 N–H and O–H groups in total. The second kappa shape index (κ2) is 6.19. The Bertz CT molecular complexity index is 1040. The molecule has 0 atom stereocenters. The number of carbonyl (C=O) groups excluding carboxylic acids is 1. The molecular formula is C18H12F4N4O. The van der Waals surface area contributed by atoms with Crippen molar-refractivity contribution in [1.29, 1.82) is 0 Å². The van der Waals surface area contributed by atoms with Crippen LogP contribution in [0.25, 0.3) is 22.8 Å². The molecule has 0 unspecified atom stereocenters. The maximum atomic E-state index is 13.8. The molecule has 0 spiro atoms. The van der Waals surface area contributed by atoms with Crippen LogP contribution < -0.4 is 5.32 Å². The van der Waals surface area contributed by atoms with Crippen molar-refractivity contribution in [2.24, 2.45) is 0 Å². The van der Waals surface area contributed by atoms with Crippen LogP contribution in [0, 0.1) is 5.82 Å². The van der Waals surface area contributed by atoms with Gasteiger partial charge in [0.15, 0.2) is 5.82 Å². The summed E-state index contributed by atoms with van der Waals surface area (Å²) >= 11 is 0. The van der Waals surface area contributed by atoms with Crippen molar-refractivity contribution in [2.45, 2.75) is 12.6 Å². The Morgan fingerprint density at radius 2 is 1.93 bits per heavy atom. The van der Waals surface area contributed by atoms with Crippen LogP contribution in [0.5, 0.6) is 0 Å². The van der Waals surface area contributed by atoms with Crippen molar-refractivity contribution in [3.63, 3.8) is 0 Å². The van der Waals surface area contributed by atoms with Gasteiger partial charge in [0.2, 0.25) is 0 Å². The summed E-state index contributed by atoms with van der Waals surface area (Å²) in [5.41, 5.74) is 1.11. The largest absolute Gasteiger partial charge is 0.419 e. The number of nitrogens with one attached hydrogen (secondary N) is 2. The molecule has 0 bridgehead atoms. The summed E-state index contributed by atoms with van der Waals surface area (Å²) in [5.74, 6) is -1.49. The summed E-state index contributed by atoms with van der Waals surface area (Å²) < 4.78 is 51.9. The monoisotopic (exact) mass is 376 g/mol. The number of alkyl halides is 3. The summed E-state index contributed by atoms with van der Waals surface area (Å²) in [6.07, 6.45) is -2.69. The minimum absolute atomic E-state index is 0.0807. The van der Waals surface area contributed by atoms with Crippen molar-refractivity contribution in [1.82, 2.24) is 20.3 Å². The van der Waals surface area contributed by atoms with E-state index in [-0.39, 0.29) is 17.3 Å². The van der Waals surface area contributed by atoms with Gasteiger partial charge < -0.3 is 10.3 Å².